The van der Waals surface area contributed by atoms with Gasteiger partial charge in [-0.2, -0.15) is 0 Å². The van der Waals surface area contributed by atoms with Crippen LogP contribution in [0.25, 0.3) is 0 Å². The molecule has 0 radical (unpaired) electrons. The molecule has 0 aliphatic carbocycles. The first-order chi connectivity index (χ1) is 12.9. The van der Waals surface area contributed by atoms with Crippen LogP contribution >= 0.6 is 0 Å². The lowest BCUT2D eigenvalue weighted by Crippen LogP contribution is -2.37. The molecule has 0 saturated heterocycles. The Bertz CT molecular complexity index is 851. The Kier molecular flexibility index (Phi) is 7.63. The standard InChI is InChI=1S/C19H24N2O5S/c1-3-26-18-7-5-4-6-16(18)14-27(23,24)21-13-19(22)20-12-15-8-10-17(25-2)11-9-15/h4-11,21H,3,12-14H2,1-2H3,(H,20,22). The van der Waals surface area contributed by atoms with Gasteiger partial charge < -0.3 is 14.8 Å². The summed E-state index contributed by atoms with van der Waals surface area (Å²) in [7, 11) is -2.09. The average Bonchev–Trinajstić information content (AvgIpc) is 2.67. The van der Waals surface area contributed by atoms with E-state index in [4.69, 9.17) is 9.47 Å². The van der Waals surface area contributed by atoms with Gasteiger partial charge in [0.25, 0.3) is 0 Å². The van der Waals surface area contributed by atoms with E-state index in [9.17, 15) is 13.2 Å². The number of hydrogen-bond donors (Lipinski definition) is 2. The van der Waals surface area contributed by atoms with Crippen LogP contribution in [0, 0.1) is 0 Å². The van der Waals surface area contributed by atoms with Gasteiger partial charge in [0, 0.05) is 12.1 Å². The maximum absolute atomic E-state index is 12.2. The van der Waals surface area contributed by atoms with Gasteiger partial charge in [0.1, 0.15) is 11.5 Å². The topological polar surface area (TPSA) is 93.7 Å². The van der Waals surface area contributed by atoms with Crippen LogP contribution in [0.2, 0.25) is 0 Å². The van der Waals surface area contributed by atoms with E-state index in [0.29, 0.717) is 24.5 Å². The predicted molar refractivity (Wildman–Crippen MR) is 103 cm³/mol. The minimum absolute atomic E-state index is 0.255. The highest BCUT2D eigenvalue weighted by atomic mass is 32.2. The molecule has 0 saturated carbocycles. The van der Waals surface area contributed by atoms with Gasteiger partial charge in [-0.15, -0.1) is 0 Å². The number of rotatable bonds is 10. The number of para-hydroxylation sites is 1. The van der Waals surface area contributed by atoms with E-state index in [-0.39, 0.29) is 12.3 Å². The van der Waals surface area contributed by atoms with Crippen LogP contribution in [-0.4, -0.2) is 34.6 Å². The number of methoxy groups -OCH3 is 1. The number of ether oxygens (including phenoxy) is 2. The Morgan fingerprint density at radius 2 is 1.78 bits per heavy atom. The zero-order valence-electron chi connectivity index (χ0n) is 15.4. The van der Waals surface area contributed by atoms with Gasteiger partial charge in [-0.3, -0.25) is 4.79 Å². The molecule has 7 nitrogen and oxygen atoms in total. The fourth-order valence-corrected chi connectivity index (χ4v) is 3.46. The second-order valence-electron chi connectivity index (χ2n) is 5.75. The highest BCUT2D eigenvalue weighted by molar-refractivity contribution is 7.88. The second-order valence-corrected chi connectivity index (χ2v) is 7.55. The van der Waals surface area contributed by atoms with Crippen molar-refractivity contribution in [3.05, 3.63) is 59.7 Å². The minimum Gasteiger partial charge on any atom is -0.497 e. The summed E-state index contributed by atoms with van der Waals surface area (Å²) in [6, 6.07) is 14.2. The van der Waals surface area contributed by atoms with Crippen LogP contribution in [0.5, 0.6) is 11.5 Å². The van der Waals surface area contributed by atoms with Gasteiger partial charge in [0.05, 0.1) is 26.0 Å². The molecule has 0 heterocycles. The van der Waals surface area contributed by atoms with E-state index in [1.54, 1.807) is 43.5 Å². The van der Waals surface area contributed by atoms with Crippen molar-refractivity contribution in [2.75, 3.05) is 20.3 Å². The molecular weight excluding hydrogens is 368 g/mol. The lowest BCUT2D eigenvalue weighted by atomic mass is 10.2. The van der Waals surface area contributed by atoms with Crippen molar-refractivity contribution >= 4 is 15.9 Å². The Hall–Kier alpha value is -2.58. The first kappa shape index (κ1) is 20.7. The summed E-state index contributed by atoms with van der Waals surface area (Å²) in [4.78, 5) is 11.9. The van der Waals surface area contributed by atoms with E-state index >= 15 is 0 Å². The zero-order chi connectivity index (χ0) is 19.7. The van der Waals surface area contributed by atoms with Gasteiger partial charge in [-0.25, -0.2) is 13.1 Å². The molecule has 0 fully saturated rings. The van der Waals surface area contributed by atoms with Crippen LogP contribution in [0.1, 0.15) is 18.1 Å². The normalized spacial score (nSPS) is 11.0. The Labute approximate surface area is 159 Å². The van der Waals surface area contributed by atoms with Crippen molar-refractivity contribution in [3.63, 3.8) is 0 Å². The summed E-state index contributed by atoms with van der Waals surface area (Å²) < 4.78 is 37.3. The highest BCUT2D eigenvalue weighted by Crippen LogP contribution is 2.20. The molecule has 8 heteroatoms. The van der Waals surface area contributed by atoms with Gasteiger partial charge in [-0.1, -0.05) is 30.3 Å². The van der Waals surface area contributed by atoms with Crippen LogP contribution in [-0.2, 0) is 27.1 Å². The van der Waals surface area contributed by atoms with Crippen molar-refractivity contribution in [1.82, 2.24) is 10.0 Å². The average molecular weight is 392 g/mol. The first-order valence-corrected chi connectivity index (χ1v) is 10.2. The minimum atomic E-state index is -3.67. The molecule has 0 aliphatic heterocycles. The van der Waals surface area contributed by atoms with Crippen molar-refractivity contribution < 1.29 is 22.7 Å². The Morgan fingerprint density at radius 3 is 2.44 bits per heavy atom. The molecule has 2 rings (SSSR count). The molecule has 0 unspecified atom stereocenters. The van der Waals surface area contributed by atoms with Gasteiger partial charge in [0.2, 0.25) is 15.9 Å². The molecule has 2 N–H and O–H groups in total. The van der Waals surface area contributed by atoms with Crippen LogP contribution in [0.15, 0.2) is 48.5 Å². The molecule has 146 valence electrons. The summed E-state index contributed by atoms with van der Waals surface area (Å²) in [5.74, 6) is 0.585. The second kappa shape index (κ2) is 9.94. The maximum atomic E-state index is 12.2. The molecule has 2 aromatic carbocycles. The summed E-state index contributed by atoms with van der Waals surface area (Å²) >= 11 is 0. The van der Waals surface area contributed by atoms with Crippen LogP contribution in [0.4, 0.5) is 0 Å². The third-order valence-corrected chi connectivity index (χ3v) is 4.99. The van der Waals surface area contributed by atoms with Crippen LogP contribution in [0.3, 0.4) is 0 Å². The van der Waals surface area contributed by atoms with Crippen molar-refractivity contribution in [2.45, 2.75) is 19.2 Å². The van der Waals surface area contributed by atoms with E-state index < -0.39 is 15.9 Å². The SMILES string of the molecule is CCOc1ccccc1CS(=O)(=O)NCC(=O)NCc1ccc(OC)cc1. The maximum Gasteiger partial charge on any atom is 0.235 e. The molecule has 27 heavy (non-hydrogen) atoms. The molecule has 2 aromatic rings. The zero-order valence-corrected chi connectivity index (χ0v) is 16.2. The monoisotopic (exact) mass is 392 g/mol. The summed E-state index contributed by atoms with van der Waals surface area (Å²) in [5.41, 5.74) is 1.43. The third-order valence-electron chi connectivity index (χ3n) is 3.72. The number of benzene rings is 2. The Balaban J connectivity index is 1.84. The van der Waals surface area contributed by atoms with Gasteiger partial charge in [0.15, 0.2) is 0 Å². The van der Waals surface area contributed by atoms with Crippen molar-refractivity contribution in [1.29, 1.82) is 0 Å². The molecule has 1 amide bonds. The molecule has 0 bridgehead atoms. The van der Waals surface area contributed by atoms with E-state index in [1.807, 2.05) is 19.1 Å². The molecule has 0 aliphatic rings. The summed E-state index contributed by atoms with van der Waals surface area (Å²) in [6.45, 7) is 2.25. The van der Waals surface area contributed by atoms with Gasteiger partial charge in [-0.05, 0) is 30.7 Å². The number of carbonyl (C=O) groups is 1. The summed E-state index contributed by atoms with van der Waals surface area (Å²) in [5, 5.41) is 2.67. The fraction of sp³-hybridized carbons (Fsp3) is 0.316. The lowest BCUT2D eigenvalue weighted by molar-refractivity contribution is -0.120. The number of nitrogens with one attached hydrogen (secondary N) is 2. The third kappa shape index (κ3) is 6.92. The van der Waals surface area contributed by atoms with E-state index in [0.717, 1.165) is 11.3 Å². The number of hydrogen-bond acceptors (Lipinski definition) is 5. The number of carbonyl (C=O) groups excluding carboxylic acids is 1. The van der Waals surface area contributed by atoms with Gasteiger partial charge >= 0.3 is 0 Å². The molecular formula is C19H24N2O5S. The lowest BCUT2D eigenvalue weighted by Gasteiger charge is -2.11. The highest BCUT2D eigenvalue weighted by Gasteiger charge is 2.16. The van der Waals surface area contributed by atoms with Crippen LogP contribution < -0.4 is 19.5 Å². The molecule has 0 atom stereocenters. The van der Waals surface area contributed by atoms with E-state index in [1.165, 1.54) is 0 Å². The number of sulfonamides is 1. The smallest absolute Gasteiger partial charge is 0.235 e. The van der Waals surface area contributed by atoms with Crippen molar-refractivity contribution in [2.24, 2.45) is 0 Å². The Morgan fingerprint density at radius 1 is 1.07 bits per heavy atom. The first-order valence-electron chi connectivity index (χ1n) is 8.51. The quantitative estimate of drug-likeness (QED) is 0.643. The molecule has 0 spiro atoms. The predicted octanol–water partition coefficient (Wildman–Crippen LogP) is 1.83. The van der Waals surface area contributed by atoms with E-state index in [2.05, 4.69) is 10.0 Å². The molecule has 0 aromatic heterocycles. The summed E-state index contributed by atoms with van der Waals surface area (Å²) in [6.07, 6.45) is 0. The van der Waals surface area contributed by atoms with Crippen molar-refractivity contribution in [3.8, 4) is 11.5 Å². The fourth-order valence-electron chi connectivity index (χ4n) is 2.36. The largest absolute Gasteiger partial charge is 0.497 e. The number of amides is 1.